The van der Waals surface area contributed by atoms with Crippen LogP contribution in [0.4, 0.5) is 8.78 Å². The maximum Gasteiger partial charge on any atom is 0.246 e. The van der Waals surface area contributed by atoms with Crippen LogP contribution in [-0.2, 0) is 14.8 Å². The summed E-state index contributed by atoms with van der Waals surface area (Å²) in [5.41, 5.74) is 0. The van der Waals surface area contributed by atoms with Gasteiger partial charge in [-0.3, -0.25) is 4.90 Å². The summed E-state index contributed by atoms with van der Waals surface area (Å²) in [4.78, 5) is 1.70. The average Bonchev–Trinajstić information content (AvgIpc) is 2.46. The van der Waals surface area contributed by atoms with Gasteiger partial charge in [-0.25, -0.2) is 17.2 Å². The van der Waals surface area contributed by atoms with E-state index in [1.54, 1.807) is 0 Å². The second-order valence-electron chi connectivity index (χ2n) is 5.20. The molecular formula is C13H16F2N2O3S. The number of hydrogen-bond donors (Lipinski definition) is 0. The monoisotopic (exact) mass is 318 g/mol. The first-order chi connectivity index (χ1) is 9.98. The standard InChI is InChI=1S/C13H16F2N2O3S/c14-10-1-2-13(12(15)7-10)21(18,19)17-4-3-16-5-6-20-9-11(16)8-17/h1-2,7,11H,3-6,8-9H2. The molecule has 0 spiro atoms. The van der Waals surface area contributed by atoms with Gasteiger partial charge in [0.05, 0.1) is 13.2 Å². The zero-order valence-corrected chi connectivity index (χ0v) is 12.2. The highest BCUT2D eigenvalue weighted by molar-refractivity contribution is 7.89. The number of rotatable bonds is 2. The lowest BCUT2D eigenvalue weighted by molar-refractivity contribution is -0.0305. The minimum Gasteiger partial charge on any atom is -0.378 e. The first kappa shape index (κ1) is 14.8. The Morgan fingerprint density at radius 2 is 2.00 bits per heavy atom. The third-order valence-electron chi connectivity index (χ3n) is 3.91. The first-order valence-corrected chi connectivity index (χ1v) is 8.19. The first-order valence-electron chi connectivity index (χ1n) is 6.75. The van der Waals surface area contributed by atoms with Gasteiger partial charge < -0.3 is 4.74 Å². The predicted octanol–water partition coefficient (Wildman–Crippen LogP) is 0.670. The molecule has 2 aliphatic rings. The van der Waals surface area contributed by atoms with Gasteiger partial charge in [-0.05, 0) is 12.1 Å². The van der Waals surface area contributed by atoms with Gasteiger partial charge in [-0.1, -0.05) is 0 Å². The lowest BCUT2D eigenvalue weighted by Crippen LogP contribution is -2.59. The van der Waals surface area contributed by atoms with E-state index in [2.05, 4.69) is 4.90 Å². The molecule has 5 nitrogen and oxygen atoms in total. The fraction of sp³-hybridized carbons (Fsp3) is 0.538. The van der Waals surface area contributed by atoms with Crippen LogP contribution in [0.3, 0.4) is 0 Å². The second kappa shape index (κ2) is 5.60. The molecule has 2 fully saturated rings. The molecule has 116 valence electrons. The number of piperazine rings is 1. The Labute approximate surface area is 122 Å². The van der Waals surface area contributed by atoms with E-state index in [4.69, 9.17) is 4.74 Å². The van der Waals surface area contributed by atoms with Crippen molar-refractivity contribution in [2.45, 2.75) is 10.9 Å². The van der Waals surface area contributed by atoms with Crippen LogP contribution in [0.15, 0.2) is 23.1 Å². The van der Waals surface area contributed by atoms with E-state index in [-0.39, 0.29) is 12.6 Å². The van der Waals surface area contributed by atoms with E-state index in [0.717, 1.165) is 18.7 Å². The van der Waals surface area contributed by atoms with E-state index in [0.29, 0.717) is 32.4 Å². The quantitative estimate of drug-likeness (QED) is 0.804. The number of nitrogens with zero attached hydrogens (tertiary/aromatic N) is 2. The van der Waals surface area contributed by atoms with Gasteiger partial charge in [0.1, 0.15) is 16.5 Å². The zero-order valence-electron chi connectivity index (χ0n) is 11.3. The second-order valence-corrected chi connectivity index (χ2v) is 7.11. The van der Waals surface area contributed by atoms with Crippen molar-refractivity contribution in [2.75, 3.05) is 39.4 Å². The number of morpholine rings is 1. The molecule has 1 unspecified atom stereocenters. The van der Waals surface area contributed by atoms with Crippen LogP contribution in [0, 0.1) is 11.6 Å². The van der Waals surface area contributed by atoms with E-state index >= 15 is 0 Å². The summed E-state index contributed by atoms with van der Waals surface area (Å²) in [6.07, 6.45) is 0. The van der Waals surface area contributed by atoms with Crippen LogP contribution >= 0.6 is 0 Å². The molecule has 0 bridgehead atoms. The maximum atomic E-state index is 13.8. The Hall–Kier alpha value is -1.09. The fourth-order valence-electron chi connectivity index (χ4n) is 2.76. The van der Waals surface area contributed by atoms with Crippen LogP contribution in [0.2, 0.25) is 0 Å². The molecule has 1 aromatic carbocycles. The van der Waals surface area contributed by atoms with Crippen molar-refractivity contribution in [1.82, 2.24) is 9.21 Å². The lowest BCUT2D eigenvalue weighted by Gasteiger charge is -2.43. The van der Waals surface area contributed by atoms with Gasteiger partial charge in [-0.15, -0.1) is 0 Å². The number of ether oxygens (including phenoxy) is 1. The Morgan fingerprint density at radius 1 is 1.19 bits per heavy atom. The molecule has 2 aliphatic heterocycles. The smallest absolute Gasteiger partial charge is 0.246 e. The summed E-state index contributed by atoms with van der Waals surface area (Å²) in [5, 5.41) is 0. The summed E-state index contributed by atoms with van der Waals surface area (Å²) in [6.45, 7) is 3.06. The van der Waals surface area contributed by atoms with Gasteiger partial charge in [0, 0.05) is 38.3 Å². The normalized spacial score (nSPS) is 24.8. The van der Waals surface area contributed by atoms with Crippen molar-refractivity contribution in [2.24, 2.45) is 0 Å². The molecule has 2 heterocycles. The van der Waals surface area contributed by atoms with Gasteiger partial charge in [0.2, 0.25) is 10.0 Å². The van der Waals surface area contributed by atoms with Crippen LogP contribution in [0.5, 0.6) is 0 Å². The number of halogens is 2. The van der Waals surface area contributed by atoms with Crippen molar-refractivity contribution in [1.29, 1.82) is 0 Å². The SMILES string of the molecule is O=S(=O)(c1ccc(F)cc1F)N1CCN2CCOCC2C1. The Morgan fingerprint density at radius 3 is 2.76 bits per heavy atom. The molecule has 0 radical (unpaired) electrons. The summed E-state index contributed by atoms with van der Waals surface area (Å²) in [6, 6.07) is 2.51. The van der Waals surface area contributed by atoms with Crippen LogP contribution in [-0.4, -0.2) is 63.1 Å². The van der Waals surface area contributed by atoms with E-state index in [9.17, 15) is 17.2 Å². The molecule has 3 rings (SSSR count). The van der Waals surface area contributed by atoms with E-state index < -0.39 is 26.6 Å². The van der Waals surface area contributed by atoms with Gasteiger partial charge in [-0.2, -0.15) is 4.31 Å². The topological polar surface area (TPSA) is 49.9 Å². The Bertz CT molecular complexity index is 638. The summed E-state index contributed by atoms with van der Waals surface area (Å²) in [5.74, 6) is -1.85. The third kappa shape index (κ3) is 2.80. The molecule has 1 atom stereocenters. The van der Waals surface area contributed by atoms with Crippen molar-refractivity contribution in [3.8, 4) is 0 Å². The van der Waals surface area contributed by atoms with Gasteiger partial charge in [0.15, 0.2) is 0 Å². The van der Waals surface area contributed by atoms with Crippen molar-refractivity contribution in [3.05, 3.63) is 29.8 Å². The van der Waals surface area contributed by atoms with Gasteiger partial charge >= 0.3 is 0 Å². The molecule has 0 aliphatic carbocycles. The minimum absolute atomic E-state index is 0.00853. The van der Waals surface area contributed by atoms with E-state index in [1.807, 2.05) is 0 Å². The number of sulfonamides is 1. The molecule has 0 amide bonds. The summed E-state index contributed by atoms with van der Waals surface area (Å²) in [7, 11) is -3.95. The summed E-state index contributed by atoms with van der Waals surface area (Å²) >= 11 is 0. The highest BCUT2D eigenvalue weighted by Crippen LogP contribution is 2.24. The largest absolute Gasteiger partial charge is 0.378 e. The lowest BCUT2D eigenvalue weighted by atomic mass is 10.2. The molecular weight excluding hydrogens is 302 g/mol. The van der Waals surface area contributed by atoms with Crippen LogP contribution in [0.1, 0.15) is 0 Å². The zero-order chi connectivity index (χ0) is 15.0. The Kier molecular flexibility index (Phi) is 3.96. The molecule has 21 heavy (non-hydrogen) atoms. The van der Waals surface area contributed by atoms with Gasteiger partial charge in [0.25, 0.3) is 0 Å². The highest BCUT2D eigenvalue weighted by atomic mass is 32.2. The minimum atomic E-state index is -3.95. The molecule has 8 heteroatoms. The fourth-order valence-corrected chi connectivity index (χ4v) is 4.27. The molecule has 0 aromatic heterocycles. The van der Waals surface area contributed by atoms with Crippen LogP contribution in [0.25, 0.3) is 0 Å². The maximum absolute atomic E-state index is 13.8. The molecule has 2 saturated heterocycles. The number of fused-ring (bicyclic) bond motifs is 1. The van der Waals surface area contributed by atoms with Crippen molar-refractivity contribution >= 4 is 10.0 Å². The average molecular weight is 318 g/mol. The molecule has 0 N–H and O–H groups in total. The predicted molar refractivity (Wildman–Crippen MR) is 71.3 cm³/mol. The highest BCUT2D eigenvalue weighted by Gasteiger charge is 2.36. The number of benzene rings is 1. The van der Waals surface area contributed by atoms with Crippen molar-refractivity contribution in [3.63, 3.8) is 0 Å². The van der Waals surface area contributed by atoms with Crippen molar-refractivity contribution < 1.29 is 21.9 Å². The molecule has 1 aromatic rings. The Balaban J connectivity index is 1.85. The number of hydrogen-bond acceptors (Lipinski definition) is 4. The summed E-state index contributed by atoms with van der Waals surface area (Å²) < 4.78 is 58.3. The molecule has 0 saturated carbocycles. The third-order valence-corrected chi connectivity index (χ3v) is 5.81. The van der Waals surface area contributed by atoms with Crippen LogP contribution < -0.4 is 0 Å². The van der Waals surface area contributed by atoms with E-state index in [1.165, 1.54) is 4.31 Å².